The van der Waals surface area contributed by atoms with Gasteiger partial charge in [0.1, 0.15) is 4.87 Å². The number of Topliss-reactive ketones (excluding diaryl/α,β-unsaturated/α-hetero) is 1. The van der Waals surface area contributed by atoms with Gasteiger partial charge in [0.15, 0.2) is 5.78 Å². The van der Waals surface area contributed by atoms with Gasteiger partial charge in [-0.15, -0.1) is 23.2 Å². The van der Waals surface area contributed by atoms with Crippen LogP contribution in [0.25, 0.3) is 0 Å². The Morgan fingerprint density at radius 1 is 1.29 bits per heavy atom. The van der Waals surface area contributed by atoms with Crippen LogP contribution in [0.3, 0.4) is 0 Å². The molecule has 0 saturated heterocycles. The van der Waals surface area contributed by atoms with Crippen molar-refractivity contribution in [1.29, 1.82) is 0 Å². The normalized spacial score (nSPS) is 35.4. The van der Waals surface area contributed by atoms with Crippen LogP contribution in [0.5, 0.6) is 0 Å². The lowest BCUT2D eigenvalue weighted by Crippen LogP contribution is -2.21. The van der Waals surface area contributed by atoms with Crippen molar-refractivity contribution in [3.8, 4) is 0 Å². The molecular formula is C11H10Cl2O. The van der Waals surface area contributed by atoms with Crippen LogP contribution >= 0.6 is 23.2 Å². The van der Waals surface area contributed by atoms with E-state index in [9.17, 15) is 4.79 Å². The molecule has 0 aromatic heterocycles. The summed E-state index contributed by atoms with van der Waals surface area (Å²) in [6.07, 6.45) is 0.516. The second kappa shape index (κ2) is 2.98. The summed E-state index contributed by atoms with van der Waals surface area (Å²) in [5, 5.41) is 0. The SMILES string of the molecule is CC(=O)C1(Cl)CC1(Cl)c1ccccc1. The van der Waals surface area contributed by atoms with Gasteiger partial charge < -0.3 is 0 Å². The molecule has 1 aromatic rings. The van der Waals surface area contributed by atoms with E-state index in [0.717, 1.165) is 5.56 Å². The van der Waals surface area contributed by atoms with Gasteiger partial charge in [-0.1, -0.05) is 30.3 Å². The third kappa shape index (κ3) is 1.19. The van der Waals surface area contributed by atoms with Crippen LogP contribution in [0, 0.1) is 0 Å². The van der Waals surface area contributed by atoms with Gasteiger partial charge in [0.2, 0.25) is 0 Å². The number of halogens is 2. The lowest BCUT2D eigenvalue weighted by Gasteiger charge is -2.12. The van der Waals surface area contributed by atoms with E-state index in [4.69, 9.17) is 23.2 Å². The summed E-state index contributed by atoms with van der Waals surface area (Å²) >= 11 is 12.5. The number of alkyl halides is 2. The highest BCUT2D eigenvalue weighted by Crippen LogP contribution is 2.65. The van der Waals surface area contributed by atoms with Crippen molar-refractivity contribution in [2.24, 2.45) is 0 Å². The molecule has 2 atom stereocenters. The second-order valence-corrected chi connectivity index (χ2v) is 4.99. The highest BCUT2D eigenvalue weighted by molar-refractivity contribution is 6.47. The highest BCUT2D eigenvalue weighted by atomic mass is 35.5. The number of rotatable bonds is 2. The van der Waals surface area contributed by atoms with Crippen LogP contribution in [0.2, 0.25) is 0 Å². The number of benzene rings is 1. The molecule has 0 heterocycles. The number of carbonyl (C=O) groups is 1. The Bertz CT molecular complexity index is 376. The van der Waals surface area contributed by atoms with Crippen molar-refractivity contribution >= 4 is 29.0 Å². The van der Waals surface area contributed by atoms with Crippen LogP contribution < -0.4 is 0 Å². The molecule has 1 aliphatic rings. The molecule has 0 spiro atoms. The third-order valence-corrected chi connectivity index (χ3v) is 4.27. The Kier molecular flexibility index (Phi) is 2.13. The molecule has 0 N–H and O–H groups in total. The first kappa shape index (κ1) is 10.0. The Morgan fingerprint density at radius 2 is 1.86 bits per heavy atom. The molecule has 2 unspecified atom stereocenters. The van der Waals surface area contributed by atoms with Gasteiger partial charge in [-0.05, 0) is 12.5 Å². The number of ketones is 1. The standard InChI is InChI=1S/C11H10Cl2O/c1-8(14)10(12)7-11(10,13)9-5-3-2-4-6-9/h2-6H,7H2,1H3. The molecule has 1 nitrogen and oxygen atoms in total. The van der Waals surface area contributed by atoms with E-state index in [1.807, 2.05) is 30.3 Å². The van der Waals surface area contributed by atoms with E-state index in [0.29, 0.717) is 6.42 Å². The molecule has 2 rings (SSSR count). The Morgan fingerprint density at radius 3 is 2.29 bits per heavy atom. The van der Waals surface area contributed by atoms with Crippen LogP contribution in [0.4, 0.5) is 0 Å². The Balaban J connectivity index is 2.36. The minimum absolute atomic E-state index is 0.0574. The largest absolute Gasteiger partial charge is 0.298 e. The fraction of sp³-hybridized carbons (Fsp3) is 0.364. The quantitative estimate of drug-likeness (QED) is 0.712. The van der Waals surface area contributed by atoms with E-state index in [-0.39, 0.29) is 5.78 Å². The maximum atomic E-state index is 11.3. The van der Waals surface area contributed by atoms with Crippen molar-refractivity contribution in [1.82, 2.24) is 0 Å². The van der Waals surface area contributed by atoms with Crippen LogP contribution in [-0.2, 0) is 9.67 Å². The minimum Gasteiger partial charge on any atom is -0.298 e. The maximum Gasteiger partial charge on any atom is 0.152 e. The van der Waals surface area contributed by atoms with Crippen molar-refractivity contribution < 1.29 is 4.79 Å². The molecule has 3 heteroatoms. The predicted octanol–water partition coefficient (Wildman–Crippen LogP) is 3.09. The zero-order valence-electron chi connectivity index (χ0n) is 7.76. The summed E-state index contributed by atoms with van der Waals surface area (Å²) < 4.78 is 0. The van der Waals surface area contributed by atoms with Gasteiger partial charge in [-0.3, -0.25) is 4.79 Å². The summed E-state index contributed by atoms with van der Waals surface area (Å²) in [7, 11) is 0. The fourth-order valence-corrected chi connectivity index (χ4v) is 2.57. The minimum atomic E-state index is -0.893. The van der Waals surface area contributed by atoms with E-state index in [1.165, 1.54) is 6.92 Å². The fourth-order valence-electron chi connectivity index (χ4n) is 1.73. The summed E-state index contributed by atoms with van der Waals surface area (Å²) in [4.78, 5) is 9.71. The van der Waals surface area contributed by atoms with Crippen molar-refractivity contribution in [2.75, 3.05) is 0 Å². The summed E-state index contributed by atoms with van der Waals surface area (Å²) in [5.41, 5.74) is 0.923. The van der Waals surface area contributed by atoms with Crippen LogP contribution in [-0.4, -0.2) is 10.7 Å². The van der Waals surface area contributed by atoms with Gasteiger partial charge >= 0.3 is 0 Å². The molecule has 0 aliphatic heterocycles. The summed E-state index contributed by atoms with van der Waals surface area (Å²) in [5.74, 6) is -0.0574. The first-order valence-corrected chi connectivity index (χ1v) is 5.21. The molecule has 0 radical (unpaired) electrons. The maximum absolute atomic E-state index is 11.3. The molecule has 1 saturated carbocycles. The number of carbonyl (C=O) groups excluding carboxylic acids is 1. The molecular weight excluding hydrogens is 219 g/mol. The molecule has 1 fully saturated rings. The van der Waals surface area contributed by atoms with E-state index in [1.54, 1.807) is 0 Å². The average molecular weight is 229 g/mol. The number of hydrogen-bond acceptors (Lipinski definition) is 1. The molecule has 0 bridgehead atoms. The third-order valence-electron chi connectivity index (χ3n) is 2.78. The van der Waals surface area contributed by atoms with Gasteiger partial charge in [0.25, 0.3) is 0 Å². The topological polar surface area (TPSA) is 17.1 Å². The van der Waals surface area contributed by atoms with E-state index >= 15 is 0 Å². The molecule has 1 aliphatic carbocycles. The Labute approximate surface area is 93.0 Å². The first-order valence-electron chi connectivity index (χ1n) is 4.45. The lowest BCUT2D eigenvalue weighted by atomic mass is 10.1. The molecule has 74 valence electrons. The summed E-state index contributed by atoms with van der Waals surface area (Å²) in [6, 6.07) is 9.51. The van der Waals surface area contributed by atoms with E-state index < -0.39 is 9.75 Å². The number of hydrogen-bond donors (Lipinski definition) is 0. The monoisotopic (exact) mass is 228 g/mol. The van der Waals surface area contributed by atoms with E-state index in [2.05, 4.69) is 0 Å². The van der Waals surface area contributed by atoms with Crippen LogP contribution in [0.15, 0.2) is 30.3 Å². The molecule has 14 heavy (non-hydrogen) atoms. The molecule has 0 amide bonds. The highest BCUT2D eigenvalue weighted by Gasteiger charge is 2.70. The first-order chi connectivity index (χ1) is 6.51. The lowest BCUT2D eigenvalue weighted by molar-refractivity contribution is -0.117. The van der Waals surface area contributed by atoms with Crippen molar-refractivity contribution in [2.45, 2.75) is 23.1 Å². The second-order valence-electron chi connectivity index (χ2n) is 3.70. The van der Waals surface area contributed by atoms with Gasteiger partial charge in [-0.2, -0.15) is 0 Å². The smallest absolute Gasteiger partial charge is 0.152 e. The zero-order valence-corrected chi connectivity index (χ0v) is 9.27. The van der Waals surface area contributed by atoms with Gasteiger partial charge in [-0.25, -0.2) is 0 Å². The van der Waals surface area contributed by atoms with Gasteiger partial charge in [0, 0.05) is 6.42 Å². The van der Waals surface area contributed by atoms with Gasteiger partial charge in [0.05, 0.1) is 4.87 Å². The zero-order chi connectivity index (χ0) is 10.4. The van der Waals surface area contributed by atoms with Crippen molar-refractivity contribution in [3.05, 3.63) is 35.9 Å². The van der Waals surface area contributed by atoms with Crippen molar-refractivity contribution in [3.63, 3.8) is 0 Å². The summed E-state index contributed by atoms with van der Waals surface area (Å²) in [6.45, 7) is 1.49. The van der Waals surface area contributed by atoms with Crippen LogP contribution in [0.1, 0.15) is 18.9 Å². The predicted molar refractivity (Wildman–Crippen MR) is 57.9 cm³/mol. The Hall–Kier alpha value is -0.530. The average Bonchev–Trinajstić information content (AvgIpc) is 2.74. The molecule has 1 aromatic carbocycles.